The van der Waals surface area contributed by atoms with Crippen LogP contribution in [0.25, 0.3) is 5.69 Å². The molecule has 1 fully saturated rings. The zero-order valence-electron chi connectivity index (χ0n) is 11.8. The first-order chi connectivity index (χ1) is 9.65. The highest BCUT2D eigenvalue weighted by molar-refractivity contribution is 6.33. The fraction of sp³-hybridized carbons (Fsp3) is 0.400. The van der Waals surface area contributed by atoms with Crippen LogP contribution in [0.5, 0.6) is 0 Å². The monoisotopic (exact) mass is 290 g/mol. The Bertz CT molecular complexity index is 572. The Morgan fingerprint density at radius 1 is 1.40 bits per heavy atom. The van der Waals surface area contributed by atoms with Crippen LogP contribution in [0.1, 0.15) is 13.3 Å². The van der Waals surface area contributed by atoms with E-state index in [1.807, 2.05) is 22.9 Å². The predicted octanol–water partition coefficient (Wildman–Crippen LogP) is 3.03. The zero-order valence-corrected chi connectivity index (χ0v) is 12.5. The minimum atomic E-state index is 0.454. The summed E-state index contributed by atoms with van der Waals surface area (Å²) < 4.78 is 1.95. The molecule has 0 aliphatic carbocycles. The summed E-state index contributed by atoms with van der Waals surface area (Å²) in [4.78, 5) is 6.48. The molecule has 0 bridgehead atoms. The molecule has 2 atom stereocenters. The summed E-state index contributed by atoms with van der Waals surface area (Å²) in [5.41, 5.74) is 2.02. The maximum atomic E-state index is 6.36. The van der Waals surface area contributed by atoms with Crippen molar-refractivity contribution in [3.05, 3.63) is 41.9 Å². The lowest BCUT2D eigenvalue weighted by atomic mass is 10.1. The predicted molar refractivity (Wildman–Crippen MR) is 82.7 cm³/mol. The molecule has 0 radical (unpaired) electrons. The van der Waals surface area contributed by atoms with E-state index in [1.165, 1.54) is 0 Å². The number of aromatic nitrogens is 2. The van der Waals surface area contributed by atoms with Crippen LogP contribution in [0.3, 0.4) is 0 Å². The molecule has 1 aliphatic rings. The van der Waals surface area contributed by atoms with Crippen LogP contribution >= 0.6 is 11.6 Å². The van der Waals surface area contributed by atoms with Gasteiger partial charge >= 0.3 is 0 Å². The number of rotatable bonds is 3. The molecule has 2 heterocycles. The van der Waals surface area contributed by atoms with Crippen LogP contribution in [-0.4, -0.2) is 40.1 Å². The Morgan fingerprint density at radius 3 is 2.90 bits per heavy atom. The zero-order chi connectivity index (χ0) is 14.1. The van der Waals surface area contributed by atoms with Gasteiger partial charge in [-0.25, -0.2) is 4.98 Å². The molecule has 3 rings (SSSR count). The van der Waals surface area contributed by atoms with Gasteiger partial charge in [0.05, 0.1) is 22.7 Å². The molecule has 2 aromatic rings. The van der Waals surface area contributed by atoms with Crippen molar-refractivity contribution in [3.63, 3.8) is 0 Å². The highest BCUT2D eigenvalue weighted by atomic mass is 35.5. The molecule has 5 heteroatoms. The van der Waals surface area contributed by atoms with E-state index in [2.05, 4.69) is 35.2 Å². The van der Waals surface area contributed by atoms with Crippen molar-refractivity contribution < 1.29 is 0 Å². The van der Waals surface area contributed by atoms with Gasteiger partial charge in [0.25, 0.3) is 0 Å². The van der Waals surface area contributed by atoms with Gasteiger partial charge in [-0.15, -0.1) is 0 Å². The van der Waals surface area contributed by atoms with Crippen molar-refractivity contribution in [2.45, 2.75) is 25.4 Å². The Balaban J connectivity index is 1.89. The van der Waals surface area contributed by atoms with Gasteiger partial charge in [-0.1, -0.05) is 17.7 Å². The molecule has 4 nitrogen and oxygen atoms in total. The Kier molecular flexibility index (Phi) is 3.68. The smallest absolute Gasteiger partial charge is 0.0992 e. The largest absolute Gasteiger partial charge is 0.379 e. The van der Waals surface area contributed by atoms with Crippen LogP contribution < -0.4 is 5.32 Å². The summed E-state index contributed by atoms with van der Waals surface area (Å²) in [7, 11) is 2.17. The molecule has 0 spiro atoms. The molecule has 1 aromatic heterocycles. The number of likely N-dealkylation sites (tertiary alicyclic amines) is 1. The number of para-hydroxylation sites is 1. The molecule has 1 saturated heterocycles. The van der Waals surface area contributed by atoms with Gasteiger partial charge in [0.2, 0.25) is 0 Å². The van der Waals surface area contributed by atoms with Gasteiger partial charge < -0.3 is 14.8 Å². The average molecular weight is 291 g/mol. The number of halogens is 1. The fourth-order valence-corrected chi connectivity index (χ4v) is 3.08. The highest BCUT2D eigenvalue weighted by Gasteiger charge is 2.26. The van der Waals surface area contributed by atoms with Crippen molar-refractivity contribution in [1.82, 2.24) is 14.5 Å². The third-order valence-electron chi connectivity index (χ3n) is 4.00. The lowest BCUT2D eigenvalue weighted by molar-refractivity contribution is 0.330. The van der Waals surface area contributed by atoms with E-state index >= 15 is 0 Å². The van der Waals surface area contributed by atoms with Gasteiger partial charge in [-0.2, -0.15) is 0 Å². The first-order valence-corrected chi connectivity index (χ1v) is 7.26. The SMILES string of the molecule is CC1CC(Nc2cccc(Cl)c2-n2ccnc2)CN1C. The molecule has 20 heavy (non-hydrogen) atoms. The molecule has 1 aliphatic heterocycles. The number of nitrogens with one attached hydrogen (secondary N) is 1. The van der Waals surface area contributed by atoms with Crippen molar-refractivity contribution >= 4 is 17.3 Å². The standard InChI is InChI=1S/C15H19ClN4/c1-11-8-12(9-19(11)2)18-14-5-3-4-13(16)15(14)20-7-6-17-10-20/h3-7,10-12,18H,8-9H2,1-2H3. The van der Waals surface area contributed by atoms with Crippen LogP contribution in [0.4, 0.5) is 5.69 Å². The van der Waals surface area contributed by atoms with Gasteiger partial charge in [-0.3, -0.25) is 0 Å². The number of likely N-dealkylation sites (N-methyl/N-ethyl adjacent to an activating group) is 1. The maximum absolute atomic E-state index is 6.36. The van der Waals surface area contributed by atoms with Crippen molar-refractivity contribution in [2.75, 3.05) is 18.9 Å². The van der Waals surface area contributed by atoms with Crippen LogP contribution in [-0.2, 0) is 0 Å². The minimum absolute atomic E-state index is 0.454. The summed E-state index contributed by atoms with van der Waals surface area (Å²) in [5, 5.41) is 4.35. The van der Waals surface area contributed by atoms with E-state index in [0.717, 1.165) is 29.4 Å². The van der Waals surface area contributed by atoms with E-state index in [-0.39, 0.29) is 0 Å². The van der Waals surface area contributed by atoms with E-state index < -0.39 is 0 Å². The van der Waals surface area contributed by atoms with Gasteiger partial charge in [0.15, 0.2) is 0 Å². The number of imidazole rings is 1. The lowest BCUT2D eigenvalue weighted by Crippen LogP contribution is -2.25. The molecular formula is C15H19ClN4. The number of hydrogen-bond donors (Lipinski definition) is 1. The topological polar surface area (TPSA) is 33.1 Å². The summed E-state index contributed by atoms with van der Waals surface area (Å²) in [6, 6.07) is 7.03. The van der Waals surface area contributed by atoms with Crippen molar-refractivity contribution in [1.29, 1.82) is 0 Å². The van der Waals surface area contributed by atoms with E-state index in [1.54, 1.807) is 12.5 Å². The van der Waals surface area contributed by atoms with E-state index in [9.17, 15) is 0 Å². The van der Waals surface area contributed by atoms with Crippen LogP contribution in [0, 0.1) is 0 Å². The molecule has 106 valence electrons. The second kappa shape index (κ2) is 5.46. The maximum Gasteiger partial charge on any atom is 0.0992 e. The number of benzene rings is 1. The Morgan fingerprint density at radius 2 is 2.25 bits per heavy atom. The summed E-state index contributed by atoms with van der Waals surface area (Å²) in [6.07, 6.45) is 6.59. The average Bonchev–Trinajstić information content (AvgIpc) is 3.01. The number of hydrogen-bond acceptors (Lipinski definition) is 3. The summed E-state index contributed by atoms with van der Waals surface area (Å²) in [6.45, 7) is 3.31. The first kappa shape index (κ1) is 13.5. The normalized spacial score (nSPS) is 23.1. The number of anilines is 1. The second-order valence-electron chi connectivity index (χ2n) is 5.47. The van der Waals surface area contributed by atoms with Gasteiger partial charge in [0, 0.05) is 31.0 Å². The summed E-state index contributed by atoms with van der Waals surface area (Å²) >= 11 is 6.36. The van der Waals surface area contributed by atoms with Crippen molar-refractivity contribution in [2.24, 2.45) is 0 Å². The second-order valence-corrected chi connectivity index (χ2v) is 5.88. The van der Waals surface area contributed by atoms with Crippen molar-refractivity contribution in [3.8, 4) is 5.69 Å². The molecule has 1 N–H and O–H groups in total. The minimum Gasteiger partial charge on any atom is -0.379 e. The molecule has 2 unspecified atom stereocenters. The van der Waals surface area contributed by atoms with Crippen LogP contribution in [0.15, 0.2) is 36.9 Å². The molecule has 0 amide bonds. The van der Waals surface area contributed by atoms with E-state index in [0.29, 0.717) is 12.1 Å². The fourth-order valence-electron chi connectivity index (χ4n) is 2.80. The Labute approximate surface area is 124 Å². The molecule has 1 aromatic carbocycles. The van der Waals surface area contributed by atoms with E-state index in [4.69, 9.17) is 11.6 Å². The van der Waals surface area contributed by atoms with Crippen LogP contribution in [0.2, 0.25) is 5.02 Å². The first-order valence-electron chi connectivity index (χ1n) is 6.89. The number of nitrogens with zero attached hydrogens (tertiary/aromatic N) is 3. The van der Waals surface area contributed by atoms with Gasteiger partial charge in [-0.05, 0) is 32.5 Å². The Hall–Kier alpha value is -1.52. The lowest BCUT2D eigenvalue weighted by Gasteiger charge is -2.18. The quantitative estimate of drug-likeness (QED) is 0.943. The molecule has 0 saturated carbocycles. The van der Waals surface area contributed by atoms with Gasteiger partial charge in [0.1, 0.15) is 0 Å². The highest BCUT2D eigenvalue weighted by Crippen LogP contribution is 2.30. The third kappa shape index (κ3) is 2.53. The molecular weight excluding hydrogens is 272 g/mol. The summed E-state index contributed by atoms with van der Waals surface area (Å²) in [5.74, 6) is 0. The third-order valence-corrected chi connectivity index (χ3v) is 4.30.